The van der Waals surface area contributed by atoms with Gasteiger partial charge in [0.25, 0.3) is 11.8 Å². The van der Waals surface area contributed by atoms with Gasteiger partial charge >= 0.3 is 12.0 Å². The summed E-state index contributed by atoms with van der Waals surface area (Å²) in [5.74, 6) is -1.96. The van der Waals surface area contributed by atoms with Gasteiger partial charge in [-0.2, -0.15) is 0 Å². The third kappa shape index (κ3) is 4.77. The van der Waals surface area contributed by atoms with Crippen molar-refractivity contribution in [3.63, 3.8) is 0 Å². The largest absolute Gasteiger partial charge is 0.481 e. The maximum atomic E-state index is 13.0. The molecule has 1 fully saturated rings. The molecule has 2 aromatic rings. The molecule has 0 saturated carbocycles. The molecular weight excluding hydrogens is 524 g/mol. The molecule has 4 amide bonds. The van der Waals surface area contributed by atoms with Gasteiger partial charge in [-0.15, -0.1) is 0 Å². The molecule has 2 aromatic carbocycles. The van der Waals surface area contributed by atoms with Gasteiger partial charge in [-0.1, -0.05) is 31.9 Å². The molecule has 154 valence electrons. The molecule has 1 heterocycles. The SMILES string of the molecule is COC(=O)COc1ccc(Br)cc1/C=C1\C(=O)NC(=O)N(c2ccc(Br)cc2)C1=O. The van der Waals surface area contributed by atoms with E-state index in [1.165, 1.54) is 13.2 Å². The van der Waals surface area contributed by atoms with Crippen molar-refractivity contribution in [3.05, 3.63) is 62.5 Å². The topological polar surface area (TPSA) is 102 Å². The molecule has 10 heteroatoms. The number of esters is 1. The molecule has 0 aliphatic carbocycles. The zero-order valence-corrected chi connectivity index (χ0v) is 18.7. The smallest absolute Gasteiger partial charge is 0.343 e. The van der Waals surface area contributed by atoms with E-state index in [2.05, 4.69) is 41.9 Å². The summed E-state index contributed by atoms with van der Waals surface area (Å²) in [4.78, 5) is 49.9. The first-order chi connectivity index (χ1) is 14.3. The van der Waals surface area contributed by atoms with Gasteiger partial charge in [-0.3, -0.25) is 14.9 Å². The lowest BCUT2D eigenvalue weighted by molar-refractivity contribution is -0.143. The van der Waals surface area contributed by atoms with E-state index >= 15 is 0 Å². The van der Waals surface area contributed by atoms with Crippen LogP contribution in [0, 0.1) is 0 Å². The average molecular weight is 538 g/mol. The second-order valence-electron chi connectivity index (χ2n) is 5.98. The monoisotopic (exact) mass is 536 g/mol. The van der Waals surface area contributed by atoms with Crippen LogP contribution in [0.5, 0.6) is 5.75 Å². The van der Waals surface area contributed by atoms with Gasteiger partial charge < -0.3 is 9.47 Å². The molecule has 3 rings (SSSR count). The Morgan fingerprint density at radius 2 is 1.73 bits per heavy atom. The lowest BCUT2D eigenvalue weighted by atomic mass is 10.1. The maximum Gasteiger partial charge on any atom is 0.343 e. The standard InChI is InChI=1S/C20H14Br2N2O6/c1-29-17(25)10-30-16-7-4-13(22)8-11(16)9-15-18(26)23-20(28)24(19(15)27)14-5-2-12(21)3-6-14/h2-9H,10H2,1H3,(H,23,26,28)/b15-9+. The summed E-state index contributed by atoms with van der Waals surface area (Å²) in [7, 11) is 1.23. The van der Waals surface area contributed by atoms with Crippen LogP contribution in [0.2, 0.25) is 0 Å². The first-order valence-electron chi connectivity index (χ1n) is 8.46. The Hall–Kier alpha value is -2.98. The molecule has 1 saturated heterocycles. The van der Waals surface area contributed by atoms with Crippen molar-refractivity contribution in [1.82, 2.24) is 5.32 Å². The number of carbonyl (C=O) groups excluding carboxylic acids is 4. The summed E-state index contributed by atoms with van der Waals surface area (Å²) < 4.78 is 11.4. The van der Waals surface area contributed by atoms with Crippen LogP contribution in [0.25, 0.3) is 6.08 Å². The Balaban J connectivity index is 1.99. The normalized spacial score (nSPS) is 15.2. The number of halogens is 2. The Bertz CT molecular complexity index is 1070. The van der Waals surface area contributed by atoms with E-state index in [9.17, 15) is 19.2 Å². The molecule has 1 aliphatic rings. The minimum atomic E-state index is -0.846. The number of hydrogen-bond acceptors (Lipinski definition) is 6. The van der Waals surface area contributed by atoms with Crippen LogP contribution in [0.1, 0.15) is 5.56 Å². The average Bonchev–Trinajstić information content (AvgIpc) is 2.71. The number of rotatable bonds is 5. The minimum absolute atomic E-state index is 0.254. The second-order valence-corrected chi connectivity index (χ2v) is 7.81. The van der Waals surface area contributed by atoms with Gasteiger partial charge in [0.15, 0.2) is 6.61 Å². The Morgan fingerprint density at radius 3 is 2.40 bits per heavy atom. The van der Waals surface area contributed by atoms with Gasteiger partial charge in [0.05, 0.1) is 12.8 Å². The van der Waals surface area contributed by atoms with Gasteiger partial charge in [-0.05, 0) is 48.5 Å². The van der Waals surface area contributed by atoms with Crippen molar-refractivity contribution < 1.29 is 28.7 Å². The maximum absolute atomic E-state index is 13.0. The molecule has 0 unspecified atom stereocenters. The Labute approximate surface area is 188 Å². The van der Waals surface area contributed by atoms with Crippen molar-refractivity contribution in [2.24, 2.45) is 0 Å². The summed E-state index contributed by atoms with van der Waals surface area (Å²) in [6, 6.07) is 10.5. The van der Waals surface area contributed by atoms with Crippen LogP contribution in [0.3, 0.4) is 0 Å². The van der Waals surface area contributed by atoms with Crippen molar-refractivity contribution >= 4 is 67.4 Å². The number of nitrogens with zero attached hydrogens (tertiary/aromatic N) is 1. The molecule has 0 bridgehead atoms. The zero-order valence-electron chi connectivity index (χ0n) is 15.5. The van der Waals surface area contributed by atoms with E-state index in [-0.39, 0.29) is 17.9 Å². The summed E-state index contributed by atoms with van der Waals surface area (Å²) in [6.45, 7) is -0.349. The van der Waals surface area contributed by atoms with E-state index in [0.29, 0.717) is 15.7 Å². The van der Waals surface area contributed by atoms with Gasteiger partial charge in [0.1, 0.15) is 11.3 Å². The number of imide groups is 2. The second kappa shape index (κ2) is 9.23. The Morgan fingerprint density at radius 1 is 1.07 bits per heavy atom. The highest BCUT2D eigenvalue weighted by molar-refractivity contribution is 9.10. The quantitative estimate of drug-likeness (QED) is 0.356. The highest BCUT2D eigenvalue weighted by atomic mass is 79.9. The third-order valence-electron chi connectivity index (χ3n) is 4.03. The molecule has 0 radical (unpaired) electrons. The van der Waals surface area contributed by atoms with Crippen LogP contribution in [0.15, 0.2) is 57.0 Å². The van der Waals surface area contributed by atoms with Gasteiger partial charge in [-0.25, -0.2) is 14.5 Å². The molecule has 0 spiro atoms. The summed E-state index contributed by atoms with van der Waals surface area (Å²) in [5.41, 5.74) is 0.394. The number of anilines is 1. The summed E-state index contributed by atoms with van der Waals surface area (Å²) in [5, 5.41) is 2.16. The lowest BCUT2D eigenvalue weighted by Crippen LogP contribution is -2.54. The van der Waals surface area contributed by atoms with Crippen LogP contribution < -0.4 is 15.0 Å². The third-order valence-corrected chi connectivity index (χ3v) is 5.05. The number of hydrogen-bond donors (Lipinski definition) is 1. The number of methoxy groups -OCH3 is 1. The molecule has 30 heavy (non-hydrogen) atoms. The predicted molar refractivity (Wildman–Crippen MR) is 115 cm³/mol. The summed E-state index contributed by atoms with van der Waals surface area (Å²) in [6.07, 6.45) is 1.30. The van der Waals surface area contributed by atoms with Crippen molar-refractivity contribution in [1.29, 1.82) is 0 Å². The molecule has 8 nitrogen and oxygen atoms in total. The molecule has 0 aromatic heterocycles. The van der Waals surface area contributed by atoms with E-state index in [1.807, 2.05) is 0 Å². The zero-order chi connectivity index (χ0) is 21.8. The van der Waals surface area contributed by atoms with Crippen molar-refractivity contribution in [2.75, 3.05) is 18.6 Å². The van der Waals surface area contributed by atoms with Gasteiger partial charge in [0.2, 0.25) is 0 Å². The van der Waals surface area contributed by atoms with E-state index in [4.69, 9.17) is 4.74 Å². The van der Waals surface area contributed by atoms with Crippen LogP contribution >= 0.6 is 31.9 Å². The first kappa shape index (κ1) is 21.7. The van der Waals surface area contributed by atoms with Crippen LogP contribution in [-0.2, 0) is 19.1 Å². The van der Waals surface area contributed by atoms with E-state index in [0.717, 1.165) is 9.37 Å². The molecule has 1 aliphatic heterocycles. The fourth-order valence-electron chi connectivity index (χ4n) is 2.60. The fraction of sp³-hybridized carbons (Fsp3) is 0.100. The van der Waals surface area contributed by atoms with E-state index < -0.39 is 23.8 Å². The van der Waals surface area contributed by atoms with Gasteiger partial charge in [0, 0.05) is 14.5 Å². The van der Waals surface area contributed by atoms with Crippen LogP contribution in [0.4, 0.5) is 10.5 Å². The highest BCUT2D eigenvalue weighted by Gasteiger charge is 2.37. The number of carbonyl (C=O) groups is 4. The van der Waals surface area contributed by atoms with Crippen LogP contribution in [-0.4, -0.2) is 37.5 Å². The molecule has 1 N–H and O–H groups in total. The molecular formula is C20H14Br2N2O6. The molecule has 0 atom stereocenters. The van der Waals surface area contributed by atoms with Crippen molar-refractivity contribution in [3.8, 4) is 5.75 Å². The van der Waals surface area contributed by atoms with E-state index in [1.54, 1.807) is 42.5 Å². The number of ether oxygens (including phenoxy) is 2. The highest BCUT2D eigenvalue weighted by Crippen LogP contribution is 2.28. The minimum Gasteiger partial charge on any atom is -0.481 e. The number of urea groups is 1. The number of benzene rings is 2. The number of amides is 4. The number of barbiturate groups is 1. The Kier molecular flexibility index (Phi) is 6.68. The predicted octanol–water partition coefficient (Wildman–Crippen LogP) is 3.43. The first-order valence-corrected chi connectivity index (χ1v) is 10.0. The fourth-order valence-corrected chi connectivity index (χ4v) is 3.24. The van der Waals surface area contributed by atoms with Crippen molar-refractivity contribution in [2.45, 2.75) is 0 Å². The number of nitrogens with one attached hydrogen (secondary N) is 1. The lowest BCUT2D eigenvalue weighted by Gasteiger charge is -2.26. The summed E-state index contributed by atoms with van der Waals surface area (Å²) >= 11 is 6.61.